The number of rotatable bonds is 4. The largest absolute Gasteiger partial charge is 0.391 e. The van der Waals surface area contributed by atoms with Gasteiger partial charge in [-0.3, -0.25) is 0 Å². The Hall–Kier alpha value is -1.43. The number of nitrogens with zero attached hydrogens (tertiary/aromatic N) is 3. The van der Waals surface area contributed by atoms with Crippen molar-refractivity contribution in [1.82, 2.24) is 9.78 Å². The van der Waals surface area contributed by atoms with E-state index in [1.807, 2.05) is 0 Å². The van der Waals surface area contributed by atoms with E-state index in [1.54, 1.807) is 6.92 Å². The molecule has 1 N–H and O–H groups in total. The SMILES string of the molecule is Cc1cc([N+](=O)[O-])nn1C[C@@H](O)C1CCCCC1. The van der Waals surface area contributed by atoms with Gasteiger partial charge in [-0.1, -0.05) is 19.3 Å². The topological polar surface area (TPSA) is 81.2 Å². The van der Waals surface area contributed by atoms with Gasteiger partial charge in [0.15, 0.2) is 0 Å². The maximum absolute atomic E-state index is 10.6. The van der Waals surface area contributed by atoms with E-state index in [-0.39, 0.29) is 5.82 Å². The van der Waals surface area contributed by atoms with Gasteiger partial charge in [-0.2, -0.15) is 4.68 Å². The molecule has 0 aliphatic heterocycles. The standard InChI is InChI=1S/C12H19N3O3/c1-9-7-12(15(17)18)13-14(9)8-11(16)10-5-3-2-4-6-10/h7,10-11,16H,2-6,8H2,1H3/t11-/m1/s1. The van der Waals surface area contributed by atoms with E-state index in [9.17, 15) is 15.2 Å². The van der Waals surface area contributed by atoms with Crippen molar-refractivity contribution >= 4 is 5.82 Å². The van der Waals surface area contributed by atoms with E-state index >= 15 is 0 Å². The van der Waals surface area contributed by atoms with Gasteiger partial charge in [-0.05, 0) is 30.6 Å². The zero-order valence-electron chi connectivity index (χ0n) is 10.6. The minimum absolute atomic E-state index is 0.150. The summed E-state index contributed by atoms with van der Waals surface area (Å²) < 4.78 is 1.54. The van der Waals surface area contributed by atoms with Crippen LogP contribution in [-0.2, 0) is 6.54 Å². The van der Waals surface area contributed by atoms with Gasteiger partial charge in [0.2, 0.25) is 0 Å². The second kappa shape index (κ2) is 5.48. The third-order valence-electron chi connectivity index (χ3n) is 3.71. The summed E-state index contributed by atoms with van der Waals surface area (Å²) in [6.07, 6.45) is 5.21. The Bertz CT molecular complexity index is 424. The molecule has 0 aromatic carbocycles. The van der Waals surface area contributed by atoms with Crippen LogP contribution in [0.25, 0.3) is 0 Å². The summed E-state index contributed by atoms with van der Waals surface area (Å²) >= 11 is 0. The molecule has 18 heavy (non-hydrogen) atoms. The lowest BCUT2D eigenvalue weighted by Crippen LogP contribution is -2.28. The molecule has 2 rings (SSSR count). The first-order chi connectivity index (χ1) is 8.58. The molecule has 1 saturated carbocycles. The monoisotopic (exact) mass is 253 g/mol. The Balaban J connectivity index is 2.01. The van der Waals surface area contributed by atoms with Gasteiger partial charge >= 0.3 is 5.82 Å². The van der Waals surface area contributed by atoms with Crippen LogP contribution in [0.1, 0.15) is 37.8 Å². The quantitative estimate of drug-likeness (QED) is 0.657. The lowest BCUT2D eigenvalue weighted by Gasteiger charge is -2.25. The molecule has 1 aromatic heterocycles. The van der Waals surface area contributed by atoms with Gasteiger partial charge < -0.3 is 15.2 Å². The highest BCUT2D eigenvalue weighted by Gasteiger charge is 2.25. The van der Waals surface area contributed by atoms with Crippen LogP contribution in [0.15, 0.2) is 6.07 Å². The fourth-order valence-electron chi connectivity index (χ4n) is 2.61. The number of aliphatic hydroxyl groups excluding tert-OH is 1. The molecule has 0 bridgehead atoms. The average molecular weight is 253 g/mol. The fraction of sp³-hybridized carbons (Fsp3) is 0.750. The zero-order chi connectivity index (χ0) is 13.1. The van der Waals surface area contributed by atoms with Gasteiger partial charge in [0.25, 0.3) is 0 Å². The molecule has 6 heteroatoms. The first-order valence-electron chi connectivity index (χ1n) is 6.45. The minimum Gasteiger partial charge on any atom is -0.391 e. The second-order valence-corrected chi connectivity index (χ2v) is 5.05. The lowest BCUT2D eigenvalue weighted by atomic mass is 9.85. The van der Waals surface area contributed by atoms with Gasteiger partial charge in [0.1, 0.15) is 0 Å². The van der Waals surface area contributed by atoms with Crippen LogP contribution < -0.4 is 0 Å². The van der Waals surface area contributed by atoms with Crippen molar-refractivity contribution in [2.45, 2.75) is 51.7 Å². The predicted molar refractivity (Wildman–Crippen MR) is 66.2 cm³/mol. The fourth-order valence-corrected chi connectivity index (χ4v) is 2.61. The molecule has 6 nitrogen and oxygen atoms in total. The number of hydrogen-bond acceptors (Lipinski definition) is 4. The first-order valence-corrected chi connectivity index (χ1v) is 6.45. The summed E-state index contributed by atoms with van der Waals surface area (Å²) in [6, 6.07) is 1.44. The van der Waals surface area contributed by atoms with E-state index in [4.69, 9.17) is 0 Å². The predicted octanol–water partition coefficient (Wildman–Crippen LogP) is 2.04. The molecule has 0 unspecified atom stereocenters. The smallest absolute Gasteiger partial charge is 0.390 e. The maximum atomic E-state index is 10.6. The van der Waals surface area contributed by atoms with Crippen LogP contribution in [0, 0.1) is 23.0 Å². The molecular formula is C12H19N3O3. The van der Waals surface area contributed by atoms with Crippen molar-refractivity contribution in [2.24, 2.45) is 5.92 Å². The van der Waals surface area contributed by atoms with Crippen molar-refractivity contribution < 1.29 is 10.0 Å². The summed E-state index contributed by atoms with van der Waals surface area (Å²) in [4.78, 5) is 10.1. The lowest BCUT2D eigenvalue weighted by molar-refractivity contribution is -0.389. The molecule has 1 aliphatic rings. The number of nitro groups is 1. The van der Waals surface area contributed by atoms with Gasteiger partial charge in [-0.25, -0.2) is 0 Å². The molecule has 0 radical (unpaired) electrons. The highest BCUT2D eigenvalue weighted by Crippen LogP contribution is 2.27. The van der Waals surface area contributed by atoms with E-state index in [1.165, 1.54) is 30.0 Å². The van der Waals surface area contributed by atoms with E-state index in [0.717, 1.165) is 18.5 Å². The molecule has 1 fully saturated rings. The van der Waals surface area contributed by atoms with Crippen LogP contribution in [-0.4, -0.2) is 25.9 Å². The van der Waals surface area contributed by atoms with Crippen molar-refractivity contribution in [2.75, 3.05) is 0 Å². The molecule has 1 aromatic rings. The van der Waals surface area contributed by atoms with Crippen LogP contribution in [0.4, 0.5) is 5.82 Å². The number of aliphatic hydroxyl groups is 1. The van der Waals surface area contributed by atoms with Crippen molar-refractivity contribution in [3.63, 3.8) is 0 Å². The molecule has 1 aliphatic carbocycles. The second-order valence-electron chi connectivity index (χ2n) is 5.05. The molecule has 100 valence electrons. The summed E-state index contributed by atoms with van der Waals surface area (Å²) in [7, 11) is 0. The third-order valence-corrected chi connectivity index (χ3v) is 3.71. The molecule has 0 amide bonds. The van der Waals surface area contributed by atoms with Gasteiger partial charge in [0.05, 0.1) is 29.5 Å². The first kappa shape index (κ1) is 13.0. The van der Waals surface area contributed by atoms with Crippen LogP contribution in [0.2, 0.25) is 0 Å². The average Bonchev–Trinajstić information content (AvgIpc) is 2.72. The molecule has 1 atom stereocenters. The normalized spacial score (nSPS) is 18.8. The Morgan fingerprint density at radius 1 is 1.56 bits per heavy atom. The molecule has 0 spiro atoms. The highest BCUT2D eigenvalue weighted by atomic mass is 16.6. The zero-order valence-corrected chi connectivity index (χ0v) is 10.6. The Kier molecular flexibility index (Phi) is 3.96. The van der Waals surface area contributed by atoms with Crippen molar-refractivity contribution in [3.8, 4) is 0 Å². The van der Waals surface area contributed by atoms with E-state index in [2.05, 4.69) is 5.10 Å². The van der Waals surface area contributed by atoms with Crippen molar-refractivity contribution in [1.29, 1.82) is 0 Å². The molecule has 0 saturated heterocycles. The van der Waals surface area contributed by atoms with Crippen LogP contribution in [0.3, 0.4) is 0 Å². The molecule has 1 heterocycles. The van der Waals surface area contributed by atoms with E-state index in [0.29, 0.717) is 12.5 Å². The van der Waals surface area contributed by atoms with Gasteiger partial charge in [0, 0.05) is 0 Å². The summed E-state index contributed by atoms with van der Waals surface area (Å²) in [5.74, 6) is 0.157. The number of aromatic nitrogens is 2. The summed E-state index contributed by atoms with van der Waals surface area (Å²) in [6.45, 7) is 2.12. The minimum atomic E-state index is -0.503. The van der Waals surface area contributed by atoms with Crippen molar-refractivity contribution in [3.05, 3.63) is 21.9 Å². The van der Waals surface area contributed by atoms with Gasteiger partial charge in [-0.15, -0.1) is 0 Å². The number of aryl methyl sites for hydroxylation is 1. The highest BCUT2D eigenvalue weighted by molar-refractivity contribution is 5.20. The third kappa shape index (κ3) is 2.87. The Labute approximate surface area is 106 Å². The Morgan fingerprint density at radius 3 is 2.78 bits per heavy atom. The summed E-state index contributed by atoms with van der Waals surface area (Å²) in [5.41, 5.74) is 0.719. The Morgan fingerprint density at radius 2 is 2.22 bits per heavy atom. The number of hydrogen-bond donors (Lipinski definition) is 1. The van der Waals surface area contributed by atoms with E-state index < -0.39 is 11.0 Å². The summed E-state index contributed by atoms with van der Waals surface area (Å²) in [5, 5.41) is 24.7. The maximum Gasteiger partial charge on any atom is 0.390 e. The van der Waals surface area contributed by atoms with Crippen LogP contribution >= 0.6 is 0 Å². The van der Waals surface area contributed by atoms with Crippen LogP contribution in [0.5, 0.6) is 0 Å². The molecular weight excluding hydrogens is 234 g/mol.